The van der Waals surface area contributed by atoms with Crippen LogP contribution < -0.4 is 10.5 Å². The number of hydrogen-bond donors (Lipinski definition) is 2. The lowest BCUT2D eigenvalue weighted by molar-refractivity contribution is 0.343. The van der Waals surface area contributed by atoms with Crippen molar-refractivity contribution in [2.24, 2.45) is 5.73 Å². The van der Waals surface area contributed by atoms with Gasteiger partial charge in [-0.05, 0) is 34.8 Å². The number of halogens is 2. The van der Waals surface area contributed by atoms with Crippen molar-refractivity contribution in [1.29, 1.82) is 0 Å². The number of benzene rings is 1. The Morgan fingerprint density at radius 1 is 1.47 bits per heavy atom. The van der Waals surface area contributed by atoms with E-state index in [2.05, 4.69) is 15.9 Å². The second-order valence-corrected chi connectivity index (χ2v) is 5.31. The normalized spacial score (nSPS) is 18.4. The van der Waals surface area contributed by atoms with E-state index in [9.17, 15) is 9.50 Å². The molecule has 2 rings (SSSR count). The number of hydrogen-bond acceptors (Lipinski definition) is 3. The summed E-state index contributed by atoms with van der Waals surface area (Å²) in [5, 5.41) is 10.1. The Kier molecular flexibility index (Phi) is 3.32. The number of ether oxygens (including phenoxy) is 1. The van der Waals surface area contributed by atoms with Gasteiger partial charge in [0, 0.05) is 5.54 Å². The second-order valence-electron chi connectivity index (χ2n) is 4.46. The number of phenolic OH excluding ortho intramolecular Hbond substituents is 1. The van der Waals surface area contributed by atoms with Gasteiger partial charge in [0.2, 0.25) is 0 Å². The molecule has 1 aromatic carbocycles. The Hall–Kier alpha value is -0.810. The molecule has 0 spiro atoms. The molecule has 0 unspecified atom stereocenters. The summed E-state index contributed by atoms with van der Waals surface area (Å²) < 4.78 is 19.4. The fourth-order valence-electron chi connectivity index (χ4n) is 2.51. The van der Waals surface area contributed by atoms with Gasteiger partial charge in [0.1, 0.15) is 5.82 Å². The molecule has 3 nitrogen and oxygen atoms in total. The summed E-state index contributed by atoms with van der Waals surface area (Å²) in [6, 6.07) is 1.29. The number of phenols is 1. The molecule has 0 aliphatic heterocycles. The van der Waals surface area contributed by atoms with Crippen molar-refractivity contribution in [2.45, 2.75) is 31.2 Å². The molecule has 1 aliphatic rings. The van der Waals surface area contributed by atoms with Gasteiger partial charge in [0.25, 0.3) is 0 Å². The van der Waals surface area contributed by atoms with E-state index >= 15 is 0 Å². The summed E-state index contributed by atoms with van der Waals surface area (Å²) in [6.07, 6.45) is 3.27. The lowest BCUT2D eigenvalue weighted by Gasteiger charge is -2.26. The molecule has 5 heteroatoms. The maximum atomic E-state index is 14.0. The maximum absolute atomic E-state index is 14.0. The summed E-state index contributed by atoms with van der Waals surface area (Å²) in [4.78, 5) is 0. The predicted molar refractivity (Wildman–Crippen MR) is 66.7 cm³/mol. The topological polar surface area (TPSA) is 55.5 Å². The first-order chi connectivity index (χ1) is 7.99. The lowest BCUT2D eigenvalue weighted by Crippen LogP contribution is -2.34. The Bertz CT molecular complexity index is 445. The summed E-state index contributed by atoms with van der Waals surface area (Å²) in [5.74, 6) is -0.443. The third kappa shape index (κ3) is 2.02. The first kappa shape index (κ1) is 12.6. The molecule has 1 saturated carbocycles. The Balaban J connectivity index is 2.60. The van der Waals surface area contributed by atoms with Crippen LogP contribution in [-0.2, 0) is 5.54 Å². The number of aromatic hydroxyl groups is 1. The minimum Gasteiger partial charge on any atom is -0.504 e. The lowest BCUT2D eigenvalue weighted by atomic mass is 9.88. The van der Waals surface area contributed by atoms with Crippen molar-refractivity contribution in [3.63, 3.8) is 0 Å². The van der Waals surface area contributed by atoms with Gasteiger partial charge in [0.05, 0.1) is 17.1 Å². The SMILES string of the molecule is COc1c(Br)cc(F)c(C2(N)CCCC2)c1O. The van der Waals surface area contributed by atoms with Crippen molar-refractivity contribution >= 4 is 15.9 Å². The molecule has 0 heterocycles. The third-order valence-corrected chi connectivity index (χ3v) is 3.95. The van der Waals surface area contributed by atoms with Crippen molar-refractivity contribution in [3.8, 4) is 11.5 Å². The van der Waals surface area contributed by atoms with E-state index in [-0.39, 0.29) is 17.1 Å². The Morgan fingerprint density at radius 3 is 2.59 bits per heavy atom. The van der Waals surface area contributed by atoms with Gasteiger partial charge in [-0.3, -0.25) is 0 Å². The highest BCUT2D eigenvalue weighted by Crippen LogP contribution is 2.47. The molecule has 1 aromatic rings. The summed E-state index contributed by atoms with van der Waals surface area (Å²) >= 11 is 3.15. The minimum absolute atomic E-state index is 0.176. The Labute approximate surface area is 108 Å². The van der Waals surface area contributed by atoms with Crippen molar-refractivity contribution in [3.05, 3.63) is 21.9 Å². The fourth-order valence-corrected chi connectivity index (χ4v) is 3.06. The highest BCUT2D eigenvalue weighted by molar-refractivity contribution is 9.10. The molecule has 0 saturated heterocycles. The number of rotatable bonds is 2. The Morgan fingerprint density at radius 2 is 2.06 bits per heavy atom. The minimum atomic E-state index is -0.776. The summed E-state index contributed by atoms with van der Waals surface area (Å²) in [7, 11) is 1.43. The van der Waals surface area contributed by atoms with Gasteiger partial charge in [-0.25, -0.2) is 4.39 Å². The zero-order valence-electron chi connectivity index (χ0n) is 9.59. The predicted octanol–water partition coefficient (Wildman–Crippen LogP) is 3.03. The van der Waals surface area contributed by atoms with E-state index in [1.807, 2.05) is 0 Å². The summed E-state index contributed by atoms with van der Waals surface area (Å²) in [6.45, 7) is 0. The molecule has 94 valence electrons. The van der Waals surface area contributed by atoms with Gasteiger partial charge in [-0.15, -0.1) is 0 Å². The first-order valence-electron chi connectivity index (χ1n) is 5.54. The van der Waals surface area contributed by atoms with Crippen molar-refractivity contribution < 1.29 is 14.2 Å². The van der Waals surface area contributed by atoms with Crippen LogP contribution >= 0.6 is 15.9 Å². The average molecular weight is 304 g/mol. The van der Waals surface area contributed by atoms with Crippen LogP contribution in [0.1, 0.15) is 31.2 Å². The van der Waals surface area contributed by atoms with Crippen LogP contribution in [0.2, 0.25) is 0 Å². The third-order valence-electron chi connectivity index (χ3n) is 3.36. The van der Waals surface area contributed by atoms with E-state index in [0.717, 1.165) is 12.8 Å². The summed E-state index contributed by atoms with van der Waals surface area (Å²) in [5.41, 5.74) is 5.59. The zero-order chi connectivity index (χ0) is 12.6. The van der Waals surface area contributed by atoms with E-state index < -0.39 is 11.4 Å². The van der Waals surface area contributed by atoms with Gasteiger partial charge in [-0.1, -0.05) is 12.8 Å². The monoisotopic (exact) mass is 303 g/mol. The van der Waals surface area contributed by atoms with Crippen molar-refractivity contribution in [2.75, 3.05) is 7.11 Å². The molecule has 3 N–H and O–H groups in total. The van der Waals surface area contributed by atoms with Crippen LogP contribution in [0.4, 0.5) is 4.39 Å². The number of nitrogens with two attached hydrogens (primary N) is 1. The molecule has 0 radical (unpaired) electrons. The molecular weight excluding hydrogens is 289 g/mol. The van der Waals surface area contributed by atoms with Crippen LogP contribution in [0, 0.1) is 5.82 Å². The molecule has 0 atom stereocenters. The highest BCUT2D eigenvalue weighted by Gasteiger charge is 2.37. The molecule has 1 fully saturated rings. The quantitative estimate of drug-likeness (QED) is 0.883. The maximum Gasteiger partial charge on any atom is 0.175 e. The standard InChI is InChI=1S/C12H15BrFNO2/c1-17-11-7(13)6-8(14)9(10(11)16)12(15)4-2-3-5-12/h6,16H,2-5,15H2,1H3. The average Bonchev–Trinajstić information content (AvgIpc) is 2.65. The highest BCUT2D eigenvalue weighted by atomic mass is 79.9. The van der Waals surface area contributed by atoms with E-state index in [1.165, 1.54) is 13.2 Å². The van der Waals surface area contributed by atoms with Crippen LogP contribution in [0.5, 0.6) is 11.5 Å². The second kappa shape index (κ2) is 4.46. The zero-order valence-corrected chi connectivity index (χ0v) is 11.2. The van der Waals surface area contributed by atoms with Crippen LogP contribution in [-0.4, -0.2) is 12.2 Å². The van der Waals surface area contributed by atoms with Crippen molar-refractivity contribution in [1.82, 2.24) is 0 Å². The molecule has 0 aromatic heterocycles. The van der Waals surface area contributed by atoms with Crippen LogP contribution in [0.15, 0.2) is 10.5 Å². The van der Waals surface area contributed by atoms with E-state index in [4.69, 9.17) is 10.5 Å². The van der Waals surface area contributed by atoms with Crippen LogP contribution in [0.25, 0.3) is 0 Å². The molecule has 0 amide bonds. The molecule has 0 bridgehead atoms. The van der Waals surface area contributed by atoms with E-state index in [0.29, 0.717) is 17.3 Å². The molecular formula is C12H15BrFNO2. The van der Waals surface area contributed by atoms with Crippen LogP contribution in [0.3, 0.4) is 0 Å². The van der Waals surface area contributed by atoms with E-state index in [1.54, 1.807) is 0 Å². The smallest absolute Gasteiger partial charge is 0.175 e. The first-order valence-corrected chi connectivity index (χ1v) is 6.33. The molecule has 1 aliphatic carbocycles. The van der Waals surface area contributed by atoms with Gasteiger partial charge >= 0.3 is 0 Å². The largest absolute Gasteiger partial charge is 0.504 e. The molecule has 17 heavy (non-hydrogen) atoms. The van der Waals surface area contributed by atoms with Gasteiger partial charge in [0.15, 0.2) is 11.5 Å². The number of methoxy groups -OCH3 is 1. The fraction of sp³-hybridized carbons (Fsp3) is 0.500. The van der Waals surface area contributed by atoms with Gasteiger partial charge in [-0.2, -0.15) is 0 Å². The van der Waals surface area contributed by atoms with Gasteiger partial charge < -0.3 is 15.6 Å².